The van der Waals surface area contributed by atoms with Crippen LogP contribution in [0.1, 0.15) is 24.5 Å². The summed E-state index contributed by atoms with van der Waals surface area (Å²) in [6.45, 7) is 2.53. The van der Waals surface area contributed by atoms with Crippen molar-refractivity contribution in [3.8, 4) is 11.5 Å². The quantitative estimate of drug-likeness (QED) is 0.493. The molecule has 140 valence electrons. The third-order valence-electron chi connectivity index (χ3n) is 3.75. The molecule has 0 saturated carbocycles. The summed E-state index contributed by atoms with van der Waals surface area (Å²) < 4.78 is 16.4. The minimum atomic E-state index is -0.569. The van der Waals surface area contributed by atoms with Crippen molar-refractivity contribution in [3.05, 3.63) is 63.3 Å². The van der Waals surface area contributed by atoms with Gasteiger partial charge in [-0.2, -0.15) is 0 Å². The molecule has 0 aromatic heterocycles. The highest BCUT2D eigenvalue weighted by Crippen LogP contribution is 2.34. The molecule has 1 aliphatic heterocycles. The van der Waals surface area contributed by atoms with Crippen molar-refractivity contribution in [3.63, 3.8) is 0 Å². The molecular weight excluding hydrogens is 389 g/mol. The van der Waals surface area contributed by atoms with Crippen molar-refractivity contribution in [2.45, 2.75) is 13.3 Å². The first-order valence-corrected chi connectivity index (χ1v) is 9.07. The molecule has 0 fully saturated rings. The van der Waals surface area contributed by atoms with E-state index >= 15 is 0 Å². The molecule has 0 bridgehead atoms. The lowest BCUT2D eigenvalue weighted by Gasteiger charge is -2.12. The Labute approximate surface area is 167 Å². The van der Waals surface area contributed by atoms with Gasteiger partial charge in [-0.15, -0.1) is 0 Å². The summed E-state index contributed by atoms with van der Waals surface area (Å²) in [6, 6.07) is 10.3. The largest absolute Gasteiger partial charge is 0.493 e. The van der Waals surface area contributed by atoms with Gasteiger partial charge in [0.25, 0.3) is 0 Å². The van der Waals surface area contributed by atoms with E-state index in [1.165, 1.54) is 0 Å². The third kappa shape index (κ3) is 4.26. The summed E-state index contributed by atoms with van der Waals surface area (Å²) in [5.41, 5.74) is 1.30. The summed E-state index contributed by atoms with van der Waals surface area (Å²) in [7, 11) is 1.56. The monoisotopic (exact) mass is 405 g/mol. The first-order chi connectivity index (χ1) is 13.0. The van der Waals surface area contributed by atoms with Crippen LogP contribution in [0.5, 0.6) is 11.5 Å². The number of halogens is 2. The van der Waals surface area contributed by atoms with E-state index in [4.69, 9.17) is 37.4 Å². The van der Waals surface area contributed by atoms with E-state index in [9.17, 15) is 4.79 Å². The number of cyclic esters (lactones) is 1. The Kier molecular flexibility index (Phi) is 6.04. The average Bonchev–Trinajstić information content (AvgIpc) is 3.00. The van der Waals surface area contributed by atoms with Gasteiger partial charge in [0.2, 0.25) is 5.90 Å². The van der Waals surface area contributed by atoms with E-state index in [2.05, 4.69) is 4.99 Å². The zero-order valence-corrected chi connectivity index (χ0v) is 16.3. The van der Waals surface area contributed by atoms with Crippen LogP contribution in [0.25, 0.3) is 6.08 Å². The summed E-state index contributed by atoms with van der Waals surface area (Å²) in [5.74, 6) is 0.691. The number of methoxy groups -OCH3 is 1. The first kappa shape index (κ1) is 19.3. The van der Waals surface area contributed by atoms with Gasteiger partial charge in [0.15, 0.2) is 17.2 Å². The summed E-state index contributed by atoms with van der Waals surface area (Å²) in [6.07, 6.45) is 2.44. The minimum absolute atomic E-state index is 0.131. The van der Waals surface area contributed by atoms with Crippen LogP contribution in [0, 0.1) is 0 Å². The smallest absolute Gasteiger partial charge is 0.363 e. The fourth-order valence-corrected chi connectivity index (χ4v) is 2.99. The second-order valence-electron chi connectivity index (χ2n) is 5.69. The number of benzene rings is 2. The Balaban J connectivity index is 1.99. The predicted octanol–water partition coefficient (Wildman–Crippen LogP) is 5.14. The number of hydrogen-bond acceptors (Lipinski definition) is 5. The highest BCUT2D eigenvalue weighted by molar-refractivity contribution is 6.37. The SMILES string of the molecule is CCCOc1c(/C=C2\N=C(c3ccc(Cl)cc3Cl)OC2=O)cccc1OC. The highest BCUT2D eigenvalue weighted by Gasteiger charge is 2.26. The lowest BCUT2D eigenvalue weighted by molar-refractivity contribution is -0.129. The lowest BCUT2D eigenvalue weighted by Crippen LogP contribution is -2.06. The van der Waals surface area contributed by atoms with Gasteiger partial charge < -0.3 is 14.2 Å². The number of ether oxygens (including phenoxy) is 3. The number of carbonyl (C=O) groups excluding carboxylic acids is 1. The van der Waals surface area contributed by atoms with E-state index in [-0.39, 0.29) is 11.6 Å². The summed E-state index contributed by atoms with van der Waals surface area (Å²) in [5, 5.41) is 0.835. The van der Waals surface area contributed by atoms with Gasteiger partial charge in [-0.05, 0) is 36.8 Å². The zero-order chi connectivity index (χ0) is 19.4. The maximum atomic E-state index is 12.3. The van der Waals surface area contributed by atoms with Crippen LogP contribution >= 0.6 is 23.2 Å². The number of nitrogens with zero attached hydrogens (tertiary/aromatic N) is 1. The number of carbonyl (C=O) groups is 1. The lowest BCUT2D eigenvalue weighted by atomic mass is 10.1. The molecule has 2 aromatic rings. The van der Waals surface area contributed by atoms with E-state index < -0.39 is 5.97 Å². The van der Waals surface area contributed by atoms with Crippen molar-refractivity contribution in [1.29, 1.82) is 0 Å². The predicted molar refractivity (Wildman–Crippen MR) is 106 cm³/mol. The average molecular weight is 406 g/mol. The molecule has 0 spiro atoms. The molecule has 27 heavy (non-hydrogen) atoms. The van der Waals surface area contributed by atoms with Crippen molar-refractivity contribution >= 4 is 41.1 Å². The summed E-state index contributed by atoms with van der Waals surface area (Å²) >= 11 is 12.1. The Bertz CT molecular complexity index is 938. The van der Waals surface area contributed by atoms with E-state index in [1.807, 2.05) is 19.1 Å². The molecule has 0 radical (unpaired) electrons. The van der Waals surface area contributed by atoms with Crippen LogP contribution < -0.4 is 9.47 Å². The van der Waals surface area contributed by atoms with E-state index in [0.717, 1.165) is 6.42 Å². The second-order valence-corrected chi connectivity index (χ2v) is 6.53. The number of aliphatic imine (C=N–C) groups is 1. The van der Waals surface area contributed by atoms with Crippen molar-refractivity contribution in [2.75, 3.05) is 13.7 Å². The normalized spacial score (nSPS) is 14.9. The molecule has 2 aromatic carbocycles. The van der Waals surface area contributed by atoms with Crippen molar-refractivity contribution < 1.29 is 19.0 Å². The van der Waals surface area contributed by atoms with Crippen LogP contribution in [0.3, 0.4) is 0 Å². The van der Waals surface area contributed by atoms with E-state index in [1.54, 1.807) is 37.5 Å². The standard InChI is InChI=1S/C20H17Cl2NO4/c1-3-9-26-18-12(5-4-6-17(18)25-2)10-16-20(24)27-19(23-16)14-8-7-13(21)11-15(14)22/h4-8,10-11H,3,9H2,1-2H3/b16-10-. The van der Waals surface area contributed by atoms with Crippen LogP contribution in [-0.4, -0.2) is 25.6 Å². The van der Waals surface area contributed by atoms with Gasteiger partial charge in [-0.25, -0.2) is 9.79 Å². The fraction of sp³-hybridized carbons (Fsp3) is 0.200. The van der Waals surface area contributed by atoms with Crippen molar-refractivity contribution in [1.82, 2.24) is 0 Å². The van der Waals surface area contributed by atoms with Gasteiger partial charge in [-0.1, -0.05) is 42.3 Å². The first-order valence-electron chi connectivity index (χ1n) is 8.31. The van der Waals surface area contributed by atoms with Gasteiger partial charge >= 0.3 is 5.97 Å². The molecule has 1 heterocycles. The topological polar surface area (TPSA) is 57.1 Å². The van der Waals surface area contributed by atoms with Crippen LogP contribution in [0.2, 0.25) is 10.0 Å². The Morgan fingerprint density at radius 1 is 1.22 bits per heavy atom. The Morgan fingerprint density at radius 2 is 2.04 bits per heavy atom. The van der Waals surface area contributed by atoms with Gasteiger partial charge in [0.1, 0.15) is 0 Å². The zero-order valence-electron chi connectivity index (χ0n) is 14.8. The molecule has 7 heteroatoms. The van der Waals surface area contributed by atoms with E-state index in [0.29, 0.717) is 39.3 Å². The Hall–Kier alpha value is -2.50. The van der Waals surface area contributed by atoms with Crippen LogP contribution in [0.15, 0.2) is 47.1 Å². The van der Waals surface area contributed by atoms with Crippen molar-refractivity contribution in [2.24, 2.45) is 4.99 Å². The second kappa shape index (κ2) is 8.46. The number of esters is 1. The fourth-order valence-electron chi connectivity index (χ4n) is 2.50. The molecule has 0 saturated heterocycles. The molecule has 1 aliphatic rings. The van der Waals surface area contributed by atoms with Crippen LogP contribution in [-0.2, 0) is 9.53 Å². The number of para-hydroxylation sites is 1. The molecule has 0 aliphatic carbocycles. The van der Waals surface area contributed by atoms with Crippen LogP contribution in [0.4, 0.5) is 0 Å². The summed E-state index contributed by atoms with van der Waals surface area (Å²) in [4.78, 5) is 16.6. The van der Waals surface area contributed by atoms with Gasteiger partial charge in [-0.3, -0.25) is 0 Å². The molecule has 3 rings (SSSR count). The molecule has 5 nitrogen and oxygen atoms in total. The Morgan fingerprint density at radius 3 is 2.74 bits per heavy atom. The minimum Gasteiger partial charge on any atom is -0.493 e. The number of hydrogen-bond donors (Lipinski definition) is 0. The molecule has 0 unspecified atom stereocenters. The highest BCUT2D eigenvalue weighted by atomic mass is 35.5. The third-order valence-corrected chi connectivity index (χ3v) is 4.30. The van der Waals surface area contributed by atoms with Gasteiger partial charge in [0.05, 0.1) is 24.3 Å². The number of rotatable bonds is 6. The molecular formula is C20H17Cl2NO4. The maximum Gasteiger partial charge on any atom is 0.363 e. The maximum absolute atomic E-state index is 12.3. The molecule has 0 atom stereocenters. The van der Waals surface area contributed by atoms with Gasteiger partial charge in [0, 0.05) is 10.6 Å². The molecule has 0 N–H and O–H groups in total. The molecule has 0 amide bonds.